The molecule has 2 rings (SSSR count). The van der Waals surface area contributed by atoms with E-state index in [1.165, 1.54) is 0 Å². The molecule has 1 atom stereocenters. The molecule has 0 N–H and O–H groups in total. The average molecular weight is 132 g/mol. The van der Waals surface area contributed by atoms with Crippen molar-refractivity contribution in [2.75, 3.05) is 0 Å². The maximum Gasteiger partial charge on any atom is 0.150 e. The average Bonchev–Trinajstić information content (AvgIpc) is 2.29. The van der Waals surface area contributed by atoms with Gasteiger partial charge >= 0.3 is 0 Å². The van der Waals surface area contributed by atoms with Crippen LogP contribution in [0.5, 0.6) is 0 Å². The van der Waals surface area contributed by atoms with Crippen LogP contribution in [0.15, 0.2) is 42.4 Å². The van der Waals surface area contributed by atoms with Gasteiger partial charge in [0.25, 0.3) is 0 Å². The van der Waals surface area contributed by atoms with Crippen LogP contribution in [-0.2, 0) is 0 Å². The largest absolute Gasteiger partial charge is 0.617 e. The molecule has 1 radical (unpaired) electrons. The van der Waals surface area contributed by atoms with Gasteiger partial charge in [-0.1, -0.05) is 6.08 Å². The van der Waals surface area contributed by atoms with Crippen LogP contribution in [0.4, 0.5) is 0 Å². The molecule has 0 spiro atoms. The Labute approximate surface area is 59.2 Å². The summed E-state index contributed by atoms with van der Waals surface area (Å²) >= 11 is 0. The van der Waals surface area contributed by atoms with Crippen LogP contribution in [-0.4, -0.2) is 4.65 Å². The standard InChI is InChI=1S/C8H6NO/c10-9-6-2-1-4-8(9)5-3-7-9/h1-4,6-7H. The fourth-order valence-electron chi connectivity index (χ4n) is 1.03. The maximum absolute atomic E-state index is 11.5. The lowest BCUT2D eigenvalue weighted by molar-refractivity contribution is -0.725. The van der Waals surface area contributed by atoms with Crippen molar-refractivity contribution in [1.29, 1.82) is 0 Å². The topological polar surface area (TPSA) is 23.1 Å². The van der Waals surface area contributed by atoms with Crippen LogP contribution >= 0.6 is 0 Å². The molecule has 2 aliphatic rings. The first-order valence-electron chi connectivity index (χ1n) is 3.08. The van der Waals surface area contributed by atoms with Crippen LogP contribution in [0.2, 0.25) is 0 Å². The number of fused-ring (bicyclic) bond motifs is 1. The fourth-order valence-corrected chi connectivity index (χ4v) is 1.03. The second-order valence-corrected chi connectivity index (χ2v) is 2.26. The number of hydrogen-bond acceptors (Lipinski definition) is 1. The Hall–Kier alpha value is -1.12. The smallest absolute Gasteiger partial charge is 0.150 e. The molecule has 2 heteroatoms. The molecule has 0 aromatic carbocycles. The van der Waals surface area contributed by atoms with E-state index in [2.05, 4.69) is 6.08 Å². The summed E-state index contributed by atoms with van der Waals surface area (Å²) in [5.41, 5.74) is 0.655. The van der Waals surface area contributed by atoms with Crippen molar-refractivity contribution < 1.29 is 4.65 Å². The van der Waals surface area contributed by atoms with Crippen molar-refractivity contribution in [1.82, 2.24) is 0 Å². The van der Waals surface area contributed by atoms with Gasteiger partial charge in [-0.2, -0.15) is 0 Å². The molecule has 2 aliphatic heterocycles. The van der Waals surface area contributed by atoms with E-state index < -0.39 is 4.65 Å². The van der Waals surface area contributed by atoms with Crippen LogP contribution in [0, 0.1) is 11.3 Å². The van der Waals surface area contributed by atoms with E-state index in [0.717, 1.165) is 0 Å². The molecular formula is C8H6NO. The third-order valence-electron chi connectivity index (χ3n) is 1.58. The van der Waals surface area contributed by atoms with Crippen molar-refractivity contribution in [3.05, 3.63) is 53.7 Å². The van der Waals surface area contributed by atoms with Gasteiger partial charge in [0.2, 0.25) is 0 Å². The number of hydroxylamine groups is 3. The van der Waals surface area contributed by atoms with E-state index in [-0.39, 0.29) is 0 Å². The van der Waals surface area contributed by atoms with Gasteiger partial charge in [-0.05, 0) is 6.08 Å². The molecule has 0 aromatic heterocycles. The number of hydrogen-bond donors (Lipinski definition) is 0. The Balaban J connectivity index is 2.51. The zero-order chi connectivity index (χ0) is 7.03. The van der Waals surface area contributed by atoms with E-state index in [9.17, 15) is 5.21 Å². The Kier molecular flexibility index (Phi) is 0.952. The molecule has 0 bridgehead atoms. The van der Waals surface area contributed by atoms with Crippen molar-refractivity contribution in [3.8, 4) is 0 Å². The van der Waals surface area contributed by atoms with Gasteiger partial charge in [-0.25, -0.2) is 0 Å². The summed E-state index contributed by atoms with van der Waals surface area (Å²) in [6, 6.07) is 0. The Morgan fingerprint density at radius 3 is 3.00 bits per heavy atom. The van der Waals surface area contributed by atoms with E-state index >= 15 is 0 Å². The predicted octanol–water partition coefficient (Wildman–Crippen LogP) is 1.60. The molecule has 0 amide bonds. The predicted molar refractivity (Wildman–Crippen MR) is 37.8 cm³/mol. The van der Waals surface area contributed by atoms with Gasteiger partial charge in [-0.3, -0.25) is 4.65 Å². The number of nitrogens with zero attached hydrogens (tertiary/aromatic N) is 1. The third kappa shape index (κ3) is 0.602. The monoisotopic (exact) mass is 132 g/mol. The van der Waals surface area contributed by atoms with Crippen LogP contribution in [0.1, 0.15) is 0 Å². The number of allylic oxidation sites excluding steroid dienone is 5. The second-order valence-electron chi connectivity index (χ2n) is 2.26. The highest BCUT2D eigenvalue weighted by atomic mass is 16.5. The SMILES string of the molecule is [O-][N+]12C=C[C]=C1C=CC=C2. The van der Waals surface area contributed by atoms with Crippen molar-refractivity contribution >= 4 is 0 Å². The summed E-state index contributed by atoms with van der Waals surface area (Å²) in [4.78, 5) is 0. The molecule has 0 aromatic rings. The summed E-state index contributed by atoms with van der Waals surface area (Å²) in [6.45, 7) is 0. The first kappa shape index (κ1) is 5.65. The third-order valence-corrected chi connectivity index (χ3v) is 1.58. The minimum atomic E-state index is -0.476. The number of quaternary nitrogens is 1. The lowest BCUT2D eigenvalue weighted by atomic mass is 10.3. The highest BCUT2D eigenvalue weighted by Crippen LogP contribution is 2.26. The molecule has 49 valence electrons. The molecule has 0 fully saturated rings. The van der Waals surface area contributed by atoms with Gasteiger partial charge in [-0.15, -0.1) is 0 Å². The van der Waals surface area contributed by atoms with Crippen LogP contribution in [0.3, 0.4) is 0 Å². The zero-order valence-electron chi connectivity index (χ0n) is 5.32. The molecule has 10 heavy (non-hydrogen) atoms. The minimum absolute atomic E-state index is 0.476. The van der Waals surface area contributed by atoms with E-state index in [4.69, 9.17) is 0 Å². The van der Waals surface area contributed by atoms with Crippen LogP contribution < -0.4 is 0 Å². The van der Waals surface area contributed by atoms with E-state index in [1.54, 1.807) is 30.6 Å². The molecular weight excluding hydrogens is 126 g/mol. The van der Waals surface area contributed by atoms with E-state index in [0.29, 0.717) is 5.70 Å². The normalized spacial score (nSPS) is 34.3. The van der Waals surface area contributed by atoms with Crippen LogP contribution in [0.25, 0.3) is 0 Å². The first-order valence-corrected chi connectivity index (χ1v) is 3.08. The molecule has 2 heterocycles. The van der Waals surface area contributed by atoms with Gasteiger partial charge < -0.3 is 5.21 Å². The Bertz CT molecular complexity index is 273. The van der Waals surface area contributed by atoms with Crippen molar-refractivity contribution in [2.45, 2.75) is 0 Å². The lowest BCUT2D eigenvalue weighted by Crippen LogP contribution is -2.26. The molecule has 1 unspecified atom stereocenters. The highest BCUT2D eigenvalue weighted by molar-refractivity contribution is 5.26. The number of rotatable bonds is 0. The second kappa shape index (κ2) is 1.68. The Morgan fingerprint density at radius 2 is 2.20 bits per heavy atom. The molecule has 0 saturated carbocycles. The summed E-state index contributed by atoms with van der Waals surface area (Å²) in [5, 5.41) is 11.5. The van der Waals surface area contributed by atoms with Crippen molar-refractivity contribution in [3.63, 3.8) is 0 Å². The molecule has 0 aliphatic carbocycles. The fraction of sp³-hybridized carbons (Fsp3) is 0. The van der Waals surface area contributed by atoms with Crippen molar-refractivity contribution in [2.24, 2.45) is 0 Å². The van der Waals surface area contributed by atoms with Gasteiger partial charge in [0, 0.05) is 12.2 Å². The quantitative estimate of drug-likeness (QED) is 0.362. The summed E-state index contributed by atoms with van der Waals surface area (Å²) in [5.74, 6) is 0. The van der Waals surface area contributed by atoms with Gasteiger partial charge in [0.1, 0.15) is 18.1 Å². The first-order chi connectivity index (χ1) is 4.81. The minimum Gasteiger partial charge on any atom is -0.617 e. The maximum atomic E-state index is 11.5. The lowest BCUT2D eigenvalue weighted by Gasteiger charge is -2.33. The molecule has 2 nitrogen and oxygen atoms in total. The highest BCUT2D eigenvalue weighted by Gasteiger charge is 2.21. The van der Waals surface area contributed by atoms with Gasteiger partial charge in [0.05, 0.1) is 6.08 Å². The summed E-state index contributed by atoms with van der Waals surface area (Å²) < 4.78 is -0.476. The molecule has 0 saturated heterocycles. The van der Waals surface area contributed by atoms with E-state index in [1.807, 2.05) is 6.08 Å². The van der Waals surface area contributed by atoms with Gasteiger partial charge in [0.15, 0.2) is 0 Å². The summed E-state index contributed by atoms with van der Waals surface area (Å²) in [6.07, 6.45) is 13.0. The summed E-state index contributed by atoms with van der Waals surface area (Å²) in [7, 11) is 0. The zero-order valence-corrected chi connectivity index (χ0v) is 5.32. The Morgan fingerprint density at radius 1 is 1.30 bits per heavy atom.